The van der Waals surface area contributed by atoms with Crippen LogP contribution in [0.3, 0.4) is 0 Å². The van der Waals surface area contributed by atoms with Crippen LogP contribution in [0.1, 0.15) is 5.69 Å². The summed E-state index contributed by atoms with van der Waals surface area (Å²) in [6, 6.07) is 1.96. The lowest BCUT2D eigenvalue weighted by Crippen LogP contribution is -2.03. The molecule has 4 nitrogen and oxygen atoms in total. The number of nitrogens with two attached hydrogens (primary N) is 1. The maximum atomic E-state index is 5.81. The molecule has 0 amide bonds. The molecule has 2 heterocycles. The van der Waals surface area contributed by atoms with Crippen molar-refractivity contribution in [2.45, 2.75) is 6.61 Å². The second kappa shape index (κ2) is 4.90. The van der Waals surface area contributed by atoms with Crippen molar-refractivity contribution < 1.29 is 4.74 Å². The van der Waals surface area contributed by atoms with Crippen molar-refractivity contribution in [3.05, 3.63) is 27.0 Å². The molecule has 0 aliphatic rings. The van der Waals surface area contributed by atoms with Crippen molar-refractivity contribution in [1.29, 1.82) is 0 Å². The minimum absolute atomic E-state index is 0.407. The molecule has 0 saturated carbocycles. The molecule has 2 aromatic rings. The molecule has 84 valence electrons. The van der Waals surface area contributed by atoms with E-state index in [9.17, 15) is 0 Å². The molecule has 0 spiro atoms. The molecule has 16 heavy (non-hydrogen) atoms. The summed E-state index contributed by atoms with van der Waals surface area (Å²) in [6.07, 6.45) is 0. The smallest absolute Gasteiger partial charge is 0.162 e. The third kappa shape index (κ3) is 2.23. The monoisotopic (exact) mass is 299 g/mol. The highest BCUT2D eigenvalue weighted by Crippen LogP contribution is 2.26. The van der Waals surface area contributed by atoms with Gasteiger partial charge in [0.15, 0.2) is 5.82 Å². The van der Waals surface area contributed by atoms with E-state index in [1.165, 1.54) is 0 Å². The fraction of sp³-hybridized carbons (Fsp3) is 0.200. The van der Waals surface area contributed by atoms with Crippen LogP contribution in [0.25, 0.3) is 11.4 Å². The van der Waals surface area contributed by atoms with Crippen LogP contribution in [-0.2, 0) is 11.3 Å². The van der Waals surface area contributed by atoms with Gasteiger partial charge < -0.3 is 10.5 Å². The van der Waals surface area contributed by atoms with E-state index in [2.05, 4.69) is 25.9 Å². The number of rotatable bonds is 3. The zero-order valence-electron chi connectivity index (χ0n) is 8.61. The molecule has 2 N–H and O–H groups in total. The molecule has 0 bridgehead atoms. The van der Waals surface area contributed by atoms with Gasteiger partial charge in [-0.15, -0.1) is 0 Å². The van der Waals surface area contributed by atoms with Gasteiger partial charge in [0, 0.05) is 18.1 Å². The number of nitrogen functional groups attached to an aromatic ring is 1. The minimum Gasteiger partial charge on any atom is -0.383 e. The number of ether oxygens (including phenoxy) is 1. The molecule has 0 saturated heterocycles. The topological polar surface area (TPSA) is 61.0 Å². The first-order valence-electron chi connectivity index (χ1n) is 4.55. The van der Waals surface area contributed by atoms with Crippen LogP contribution in [0.4, 0.5) is 5.82 Å². The molecule has 0 radical (unpaired) electrons. The van der Waals surface area contributed by atoms with Gasteiger partial charge in [0.2, 0.25) is 0 Å². The standard InChI is InChI=1S/C10H10BrN3OS/c1-15-4-7-8(11)9(12)14-10(13-7)6-2-3-16-5-6/h2-3,5H,4H2,1H3,(H2,12,13,14). The van der Waals surface area contributed by atoms with Crippen LogP contribution in [-0.4, -0.2) is 17.1 Å². The molecule has 0 atom stereocenters. The van der Waals surface area contributed by atoms with Gasteiger partial charge in [-0.25, -0.2) is 9.97 Å². The average molecular weight is 300 g/mol. The lowest BCUT2D eigenvalue weighted by molar-refractivity contribution is 0.181. The Balaban J connectivity index is 2.48. The summed E-state index contributed by atoms with van der Waals surface area (Å²) in [5, 5.41) is 3.96. The highest BCUT2D eigenvalue weighted by Gasteiger charge is 2.11. The highest BCUT2D eigenvalue weighted by atomic mass is 79.9. The van der Waals surface area contributed by atoms with Crippen LogP contribution >= 0.6 is 27.3 Å². The SMILES string of the molecule is COCc1nc(-c2ccsc2)nc(N)c1Br. The van der Waals surface area contributed by atoms with Gasteiger partial charge in [0.05, 0.1) is 16.8 Å². The second-order valence-electron chi connectivity index (χ2n) is 3.14. The molecule has 0 fully saturated rings. The number of methoxy groups -OCH3 is 1. The minimum atomic E-state index is 0.407. The molecule has 0 aliphatic heterocycles. The fourth-order valence-electron chi connectivity index (χ4n) is 1.27. The summed E-state index contributed by atoms with van der Waals surface area (Å²) < 4.78 is 5.76. The summed E-state index contributed by atoms with van der Waals surface area (Å²) in [6.45, 7) is 0.407. The van der Waals surface area contributed by atoms with E-state index in [0.717, 1.165) is 11.3 Å². The molecular formula is C10H10BrN3OS. The highest BCUT2D eigenvalue weighted by molar-refractivity contribution is 9.10. The van der Waals surface area contributed by atoms with Gasteiger partial charge in [0.25, 0.3) is 0 Å². The van der Waals surface area contributed by atoms with Gasteiger partial charge in [-0.1, -0.05) is 0 Å². The first-order chi connectivity index (χ1) is 7.72. The Hall–Kier alpha value is -0.980. The Kier molecular flexibility index (Phi) is 3.52. The van der Waals surface area contributed by atoms with Crippen LogP contribution in [0, 0.1) is 0 Å². The predicted octanol–water partition coefficient (Wildman–Crippen LogP) is 2.70. The molecule has 0 unspecified atom stereocenters. The van der Waals surface area contributed by atoms with E-state index in [0.29, 0.717) is 22.7 Å². The number of nitrogens with zero attached hydrogens (tertiary/aromatic N) is 2. The maximum Gasteiger partial charge on any atom is 0.162 e. The summed E-state index contributed by atoms with van der Waals surface area (Å²) in [5.41, 5.74) is 7.54. The Labute approximate surface area is 106 Å². The van der Waals surface area contributed by atoms with Crippen LogP contribution in [0.2, 0.25) is 0 Å². The predicted molar refractivity (Wildman–Crippen MR) is 68.2 cm³/mol. The summed E-state index contributed by atoms with van der Waals surface area (Å²) in [7, 11) is 1.62. The third-order valence-electron chi connectivity index (χ3n) is 2.01. The zero-order chi connectivity index (χ0) is 11.5. The number of hydrogen-bond donors (Lipinski definition) is 1. The van der Waals surface area contributed by atoms with Gasteiger partial charge >= 0.3 is 0 Å². The fourth-order valence-corrected chi connectivity index (χ4v) is 2.19. The number of aromatic nitrogens is 2. The summed E-state index contributed by atoms with van der Waals surface area (Å²) in [5.74, 6) is 1.07. The largest absolute Gasteiger partial charge is 0.383 e. The van der Waals surface area contributed by atoms with Crippen molar-refractivity contribution in [2.24, 2.45) is 0 Å². The van der Waals surface area contributed by atoms with E-state index in [4.69, 9.17) is 10.5 Å². The quantitative estimate of drug-likeness (QED) is 0.946. The maximum absolute atomic E-state index is 5.81. The van der Waals surface area contributed by atoms with Crippen molar-refractivity contribution >= 4 is 33.1 Å². The first-order valence-corrected chi connectivity index (χ1v) is 6.29. The average Bonchev–Trinajstić information content (AvgIpc) is 2.78. The normalized spacial score (nSPS) is 10.6. The molecule has 0 aromatic carbocycles. The van der Waals surface area contributed by atoms with Crippen LogP contribution in [0.15, 0.2) is 21.3 Å². The third-order valence-corrected chi connectivity index (χ3v) is 3.55. The van der Waals surface area contributed by atoms with Crippen LogP contribution in [0.5, 0.6) is 0 Å². The van der Waals surface area contributed by atoms with E-state index in [1.54, 1.807) is 18.4 Å². The van der Waals surface area contributed by atoms with Gasteiger partial charge in [0.1, 0.15) is 5.82 Å². The summed E-state index contributed by atoms with van der Waals surface area (Å²) >= 11 is 4.95. The van der Waals surface area contributed by atoms with Crippen LogP contribution < -0.4 is 5.73 Å². The van der Waals surface area contributed by atoms with E-state index < -0.39 is 0 Å². The lowest BCUT2D eigenvalue weighted by atomic mass is 10.3. The number of halogens is 1. The summed E-state index contributed by atoms with van der Waals surface area (Å²) in [4.78, 5) is 8.64. The van der Waals surface area contributed by atoms with Crippen molar-refractivity contribution in [3.8, 4) is 11.4 Å². The van der Waals surface area contributed by atoms with Crippen molar-refractivity contribution in [1.82, 2.24) is 9.97 Å². The molecule has 6 heteroatoms. The van der Waals surface area contributed by atoms with Gasteiger partial charge in [-0.3, -0.25) is 0 Å². The molecule has 2 aromatic heterocycles. The second-order valence-corrected chi connectivity index (χ2v) is 4.71. The Morgan fingerprint density at radius 2 is 2.31 bits per heavy atom. The van der Waals surface area contributed by atoms with E-state index in [1.807, 2.05) is 16.8 Å². The lowest BCUT2D eigenvalue weighted by Gasteiger charge is -2.07. The van der Waals surface area contributed by atoms with Crippen molar-refractivity contribution in [3.63, 3.8) is 0 Å². The Morgan fingerprint density at radius 3 is 2.94 bits per heavy atom. The first kappa shape index (κ1) is 11.5. The molecule has 0 aliphatic carbocycles. The number of anilines is 1. The van der Waals surface area contributed by atoms with Crippen molar-refractivity contribution in [2.75, 3.05) is 12.8 Å². The van der Waals surface area contributed by atoms with Gasteiger partial charge in [-0.05, 0) is 27.4 Å². The Bertz CT molecular complexity index is 487. The van der Waals surface area contributed by atoms with Gasteiger partial charge in [-0.2, -0.15) is 11.3 Å². The number of thiophene rings is 1. The zero-order valence-corrected chi connectivity index (χ0v) is 11.0. The van der Waals surface area contributed by atoms with E-state index >= 15 is 0 Å². The number of hydrogen-bond acceptors (Lipinski definition) is 5. The molecular weight excluding hydrogens is 290 g/mol. The van der Waals surface area contributed by atoms with E-state index in [-0.39, 0.29) is 0 Å². The Morgan fingerprint density at radius 1 is 1.50 bits per heavy atom. The molecule has 2 rings (SSSR count).